The monoisotopic (exact) mass is 291 g/mol. The quantitative estimate of drug-likeness (QED) is 0.899. The van der Waals surface area contributed by atoms with Gasteiger partial charge in [0.15, 0.2) is 0 Å². The Kier molecular flexibility index (Phi) is 3.68. The lowest BCUT2D eigenvalue weighted by molar-refractivity contribution is 0.0941. The first kappa shape index (κ1) is 13.1. The summed E-state index contributed by atoms with van der Waals surface area (Å²) in [6.45, 7) is 4.39. The van der Waals surface area contributed by atoms with Crippen LogP contribution in [0.4, 0.5) is 5.95 Å². The number of hydrogen-bond donors (Lipinski definition) is 2. The molecule has 6 nitrogen and oxygen atoms in total. The summed E-state index contributed by atoms with van der Waals surface area (Å²) < 4.78 is 1.75. The van der Waals surface area contributed by atoms with E-state index in [2.05, 4.69) is 33.7 Å². The maximum absolute atomic E-state index is 12.1. The van der Waals surface area contributed by atoms with Crippen molar-refractivity contribution in [2.75, 3.05) is 18.4 Å². The van der Waals surface area contributed by atoms with E-state index in [1.807, 2.05) is 11.4 Å². The number of nitrogens with zero attached hydrogens (tertiary/aromatic N) is 3. The molecule has 1 aliphatic rings. The average Bonchev–Trinajstić information content (AvgIpc) is 3.12. The summed E-state index contributed by atoms with van der Waals surface area (Å²) in [5.74, 6) is 1.02. The molecule has 1 atom stereocenters. The van der Waals surface area contributed by atoms with E-state index in [1.165, 1.54) is 4.88 Å². The molecule has 3 heterocycles. The van der Waals surface area contributed by atoms with Crippen molar-refractivity contribution in [2.24, 2.45) is 0 Å². The Hall–Kier alpha value is -1.89. The standard InChI is InChI=1S/C13H17N5OS/c1-9(10-4-2-7-20-10)8-15-12(19)11-16-13-14-5-3-6-18(13)17-11/h2,4,7,9H,3,5-6,8H2,1H3,(H,15,19)(H,14,16,17). The molecule has 2 aromatic heterocycles. The number of aryl methyl sites for hydroxylation is 1. The highest BCUT2D eigenvalue weighted by molar-refractivity contribution is 7.10. The Labute approximate surface area is 121 Å². The van der Waals surface area contributed by atoms with E-state index in [0.29, 0.717) is 18.4 Å². The van der Waals surface area contributed by atoms with E-state index in [1.54, 1.807) is 16.0 Å². The van der Waals surface area contributed by atoms with Crippen LogP contribution in [0.15, 0.2) is 17.5 Å². The predicted molar refractivity (Wildman–Crippen MR) is 78.2 cm³/mol. The Morgan fingerprint density at radius 2 is 2.55 bits per heavy atom. The van der Waals surface area contributed by atoms with Crippen molar-refractivity contribution >= 4 is 23.2 Å². The lowest BCUT2D eigenvalue weighted by atomic mass is 10.1. The smallest absolute Gasteiger partial charge is 0.291 e. The fourth-order valence-corrected chi connectivity index (χ4v) is 2.94. The molecule has 0 saturated carbocycles. The van der Waals surface area contributed by atoms with Crippen LogP contribution in [0.3, 0.4) is 0 Å². The Balaban J connectivity index is 1.60. The van der Waals surface area contributed by atoms with Crippen molar-refractivity contribution in [2.45, 2.75) is 25.8 Å². The van der Waals surface area contributed by atoms with Gasteiger partial charge < -0.3 is 10.6 Å². The van der Waals surface area contributed by atoms with Gasteiger partial charge >= 0.3 is 0 Å². The van der Waals surface area contributed by atoms with Crippen LogP contribution in [0, 0.1) is 0 Å². The molecule has 0 bridgehead atoms. The van der Waals surface area contributed by atoms with Gasteiger partial charge in [-0.1, -0.05) is 13.0 Å². The first-order valence-electron chi connectivity index (χ1n) is 6.74. The number of hydrogen-bond acceptors (Lipinski definition) is 5. The summed E-state index contributed by atoms with van der Waals surface area (Å²) in [6, 6.07) is 4.11. The molecular weight excluding hydrogens is 274 g/mol. The molecular formula is C13H17N5OS. The van der Waals surface area contributed by atoms with Gasteiger partial charge in [0.25, 0.3) is 5.91 Å². The lowest BCUT2D eigenvalue weighted by Gasteiger charge is -2.12. The van der Waals surface area contributed by atoms with Gasteiger partial charge in [-0.2, -0.15) is 4.98 Å². The second-order valence-corrected chi connectivity index (χ2v) is 5.87. The molecule has 2 N–H and O–H groups in total. The summed E-state index contributed by atoms with van der Waals surface area (Å²) in [5.41, 5.74) is 0. The van der Waals surface area contributed by atoms with E-state index < -0.39 is 0 Å². The molecule has 1 aliphatic heterocycles. The van der Waals surface area contributed by atoms with Crippen molar-refractivity contribution in [1.29, 1.82) is 0 Å². The molecule has 0 saturated heterocycles. The third kappa shape index (κ3) is 2.67. The van der Waals surface area contributed by atoms with Gasteiger partial charge in [-0.15, -0.1) is 16.4 Å². The molecule has 0 aromatic carbocycles. The molecule has 3 rings (SSSR count). The van der Waals surface area contributed by atoms with Crippen LogP contribution >= 0.6 is 11.3 Å². The summed E-state index contributed by atoms with van der Waals surface area (Å²) in [4.78, 5) is 17.6. The molecule has 1 amide bonds. The zero-order valence-corrected chi connectivity index (χ0v) is 12.1. The van der Waals surface area contributed by atoms with Gasteiger partial charge in [-0.05, 0) is 17.9 Å². The van der Waals surface area contributed by atoms with E-state index >= 15 is 0 Å². The lowest BCUT2D eigenvalue weighted by Crippen LogP contribution is -2.28. The summed E-state index contributed by atoms with van der Waals surface area (Å²) in [5, 5.41) is 12.3. The molecule has 0 aliphatic carbocycles. The topological polar surface area (TPSA) is 71.8 Å². The predicted octanol–water partition coefficient (Wildman–Crippen LogP) is 1.69. The summed E-state index contributed by atoms with van der Waals surface area (Å²) >= 11 is 1.70. The third-order valence-electron chi connectivity index (χ3n) is 3.30. The van der Waals surface area contributed by atoms with Crippen LogP contribution in [-0.4, -0.2) is 33.8 Å². The highest BCUT2D eigenvalue weighted by atomic mass is 32.1. The maximum atomic E-state index is 12.1. The minimum absolute atomic E-state index is 0.211. The van der Waals surface area contributed by atoms with Crippen LogP contribution < -0.4 is 10.6 Å². The van der Waals surface area contributed by atoms with Crippen molar-refractivity contribution < 1.29 is 4.79 Å². The second-order valence-electron chi connectivity index (χ2n) is 4.89. The SMILES string of the molecule is CC(CNC(=O)c1nc2n(n1)CCCN2)c1cccs1. The average molecular weight is 291 g/mol. The number of aromatic nitrogens is 3. The number of carbonyl (C=O) groups is 1. The Morgan fingerprint density at radius 3 is 3.30 bits per heavy atom. The fraction of sp³-hybridized carbons (Fsp3) is 0.462. The number of nitrogens with one attached hydrogen (secondary N) is 2. The third-order valence-corrected chi connectivity index (χ3v) is 4.41. The van der Waals surface area contributed by atoms with Gasteiger partial charge in [0.1, 0.15) is 0 Å². The minimum atomic E-state index is -0.211. The zero-order chi connectivity index (χ0) is 13.9. The van der Waals surface area contributed by atoms with Gasteiger partial charge in [0.05, 0.1) is 0 Å². The fourth-order valence-electron chi connectivity index (χ4n) is 2.15. The van der Waals surface area contributed by atoms with Gasteiger partial charge in [-0.3, -0.25) is 4.79 Å². The van der Waals surface area contributed by atoms with Crippen LogP contribution in [0.2, 0.25) is 0 Å². The number of fused-ring (bicyclic) bond motifs is 1. The molecule has 2 aromatic rings. The maximum Gasteiger partial charge on any atom is 0.291 e. The van der Waals surface area contributed by atoms with Crippen molar-refractivity contribution in [3.63, 3.8) is 0 Å². The van der Waals surface area contributed by atoms with Gasteiger partial charge in [0, 0.05) is 30.4 Å². The molecule has 0 radical (unpaired) electrons. The first-order valence-corrected chi connectivity index (χ1v) is 7.62. The van der Waals surface area contributed by atoms with Gasteiger partial charge in [-0.25, -0.2) is 4.68 Å². The largest absolute Gasteiger partial charge is 0.354 e. The number of thiophene rings is 1. The highest BCUT2D eigenvalue weighted by Crippen LogP contribution is 2.19. The van der Waals surface area contributed by atoms with Crippen LogP contribution in [0.1, 0.15) is 34.8 Å². The van der Waals surface area contributed by atoms with Crippen molar-refractivity contribution in [1.82, 2.24) is 20.1 Å². The van der Waals surface area contributed by atoms with Gasteiger partial charge in [0.2, 0.25) is 11.8 Å². The van der Waals surface area contributed by atoms with Crippen LogP contribution in [0.25, 0.3) is 0 Å². The number of anilines is 1. The summed E-state index contributed by atoms with van der Waals surface area (Å²) in [7, 11) is 0. The van der Waals surface area contributed by atoms with E-state index in [0.717, 1.165) is 19.5 Å². The zero-order valence-electron chi connectivity index (χ0n) is 11.3. The molecule has 0 spiro atoms. The van der Waals surface area contributed by atoms with E-state index in [-0.39, 0.29) is 11.7 Å². The summed E-state index contributed by atoms with van der Waals surface area (Å²) in [6.07, 6.45) is 1.01. The minimum Gasteiger partial charge on any atom is -0.354 e. The van der Waals surface area contributed by atoms with Crippen LogP contribution in [-0.2, 0) is 6.54 Å². The number of amides is 1. The molecule has 0 fully saturated rings. The van der Waals surface area contributed by atoms with Crippen molar-refractivity contribution in [3.05, 3.63) is 28.2 Å². The van der Waals surface area contributed by atoms with Crippen LogP contribution in [0.5, 0.6) is 0 Å². The second kappa shape index (κ2) is 5.62. The first-order chi connectivity index (χ1) is 9.74. The molecule has 20 heavy (non-hydrogen) atoms. The normalized spacial score (nSPS) is 15.2. The molecule has 1 unspecified atom stereocenters. The number of carbonyl (C=O) groups excluding carboxylic acids is 1. The molecule has 106 valence electrons. The molecule has 7 heteroatoms. The van der Waals surface area contributed by atoms with E-state index in [4.69, 9.17) is 0 Å². The van der Waals surface area contributed by atoms with E-state index in [9.17, 15) is 4.79 Å². The van der Waals surface area contributed by atoms with Crippen molar-refractivity contribution in [3.8, 4) is 0 Å². The Bertz CT molecular complexity index is 568. The highest BCUT2D eigenvalue weighted by Gasteiger charge is 2.19. The Morgan fingerprint density at radius 1 is 1.65 bits per heavy atom. The number of rotatable bonds is 4.